The zero-order valence-corrected chi connectivity index (χ0v) is 14.5. The predicted octanol–water partition coefficient (Wildman–Crippen LogP) is 0.483. The summed E-state index contributed by atoms with van der Waals surface area (Å²) in [6.45, 7) is 12.7. The second-order valence-corrected chi connectivity index (χ2v) is 7.07. The third-order valence-corrected chi connectivity index (χ3v) is 4.79. The van der Waals surface area contributed by atoms with E-state index in [0.29, 0.717) is 19.1 Å². The maximum atomic E-state index is 12.0. The molecule has 0 atom stereocenters. The molecule has 2 N–H and O–H groups in total. The highest BCUT2D eigenvalue weighted by molar-refractivity contribution is 7.87. The summed E-state index contributed by atoms with van der Waals surface area (Å²) in [5.74, 6) is 0. The van der Waals surface area contributed by atoms with E-state index in [4.69, 9.17) is 0 Å². The summed E-state index contributed by atoms with van der Waals surface area (Å²) in [6.07, 6.45) is 0.811. The van der Waals surface area contributed by atoms with Gasteiger partial charge in [-0.15, -0.1) is 0 Å². The molecule has 0 aromatic rings. The van der Waals surface area contributed by atoms with Crippen LogP contribution < -0.4 is 10.0 Å². The number of nitrogens with zero attached hydrogens (tertiary/aromatic N) is 2. The van der Waals surface area contributed by atoms with E-state index in [1.807, 2.05) is 0 Å². The summed E-state index contributed by atoms with van der Waals surface area (Å²) < 4.78 is 28.0. The highest BCUT2D eigenvalue weighted by Crippen LogP contribution is 1.96. The van der Waals surface area contributed by atoms with Crippen molar-refractivity contribution in [3.05, 3.63) is 0 Å². The fourth-order valence-electron chi connectivity index (χ4n) is 1.80. The Hall–Kier alpha value is -0.210. The number of hydrogen-bond acceptors (Lipinski definition) is 4. The van der Waals surface area contributed by atoms with Crippen LogP contribution in [-0.4, -0.2) is 70.0 Å². The first-order valence-corrected chi connectivity index (χ1v) is 8.94. The summed E-state index contributed by atoms with van der Waals surface area (Å²) in [5, 5.41) is 3.28. The smallest absolute Gasteiger partial charge is 0.279 e. The second kappa shape index (κ2) is 10.5. The van der Waals surface area contributed by atoms with Crippen LogP contribution in [-0.2, 0) is 10.2 Å². The standard InChI is InChI=1S/C13H32N4O2S/c1-6-17(7-2)12-10-15-20(18,19)16(5)11-8-9-14-13(3)4/h13-15H,6-12H2,1-5H3. The summed E-state index contributed by atoms with van der Waals surface area (Å²) in [4.78, 5) is 2.19. The summed E-state index contributed by atoms with van der Waals surface area (Å²) in [6, 6.07) is 0.434. The van der Waals surface area contributed by atoms with Crippen LogP contribution in [0, 0.1) is 0 Å². The molecule has 0 saturated carbocycles. The topological polar surface area (TPSA) is 64.7 Å². The zero-order valence-electron chi connectivity index (χ0n) is 13.6. The number of rotatable bonds is 12. The Balaban J connectivity index is 3.96. The molecule has 0 bridgehead atoms. The number of hydrogen-bond donors (Lipinski definition) is 2. The van der Waals surface area contributed by atoms with E-state index >= 15 is 0 Å². The number of likely N-dealkylation sites (N-methyl/N-ethyl adjacent to an activating group) is 1. The monoisotopic (exact) mass is 308 g/mol. The van der Waals surface area contributed by atoms with Crippen LogP contribution >= 0.6 is 0 Å². The largest absolute Gasteiger partial charge is 0.314 e. The first-order valence-electron chi connectivity index (χ1n) is 7.50. The van der Waals surface area contributed by atoms with Gasteiger partial charge in [0.15, 0.2) is 0 Å². The van der Waals surface area contributed by atoms with Crippen molar-refractivity contribution in [1.29, 1.82) is 0 Å². The van der Waals surface area contributed by atoms with Gasteiger partial charge in [0.2, 0.25) is 0 Å². The van der Waals surface area contributed by atoms with Crippen molar-refractivity contribution >= 4 is 10.2 Å². The molecule has 0 rings (SSSR count). The molecule has 0 heterocycles. The molecule has 6 nitrogen and oxygen atoms in total. The minimum atomic E-state index is -3.34. The molecule has 0 radical (unpaired) electrons. The van der Waals surface area contributed by atoms with Crippen molar-refractivity contribution < 1.29 is 8.42 Å². The minimum absolute atomic E-state index is 0.434. The van der Waals surface area contributed by atoms with Crippen LogP contribution in [0.15, 0.2) is 0 Å². The van der Waals surface area contributed by atoms with Gasteiger partial charge in [-0.1, -0.05) is 27.7 Å². The van der Waals surface area contributed by atoms with Crippen molar-refractivity contribution in [3.63, 3.8) is 0 Å². The van der Waals surface area contributed by atoms with Crippen LogP contribution in [0.3, 0.4) is 0 Å². The van der Waals surface area contributed by atoms with Crippen LogP contribution in [0.25, 0.3) is 0 Å². The third-order valence-electron chi connectivity index (χ3n) is 3.22. The molecule has 0 amide bonds. The molecular weight excluding hydrogens is 276 g/mol. The average molecular weight is 308 g/mol. The molecule has 0 spiro atoms. The lowest BCUT2D eigenvalue weighted by Crippen LogP contribution is -2.42. The van der Waals surface area contributed by atoms with Gasteiger partial charge in [0.25, 0.3) is 10.2 Å². The predicted molar refractivity (Wildman–Crippen MR) is 85.1 cm³/mol. The summed E-state index contributed by atoms with van der Waals surface area (Å²) in [5.41, 5.74) is 0. The molecule has 0 unspecified atom stereocenters. The molecule has 0 fully saturated rings. The van der Waals surface area contributed by atoms with Crippen LogP contribution in [0.5, 0.6) is 0 Å². The van der Waals surface area contributed by atoms with Gasteiger partial charge in [-0.2, -0.15) is 12.7 Å². The van der Waals surface area contributed by atoms with Gasteiger partial charge in [-0.3, -0.25) is 0 Å². The van der Waals surface area contributed by atoms with Crippen molar-refractivity contribution in [2.45, 2.75) is 40.2 Å². The Bertz CT molecular complexity index is 329. The van der Waals surface area contributed by atoms with Gasteiger partial charge in [-0.05, 0) is 26.1 Å². The molecular formula is C13H32N4O2S. The fourth-order valence-corrected chi connectivity index (χ4v) is 2.73. The SMILES string of the molecule is CCN(CC)CCNS(=O)(=O)N(C)CCCNC(C)C. The third kappa shape index (κ3) is 8.86. The Morgan fingerprint density at radius 2 is 1.65 bits per heavy atom. The lowest BCUT2D eigenvalue weighted by molar-refractivity contribution is 0.307. The first-order chi connectivity index (χ1) is 9.33. The van der Waals surface area contributed by atoms with Crippen molar-refractivity contribution in [2.75, 3.05) is 46.3 Å². The molecule has 0 aliphatic heterocycles. The van der Waals surface area contributed by atoms with E-state index in [-0.39, 0.29) is 0 Å². The van der Waals surface area contributed by atoms with Gasteiger partial charge in [0.1, 0.15) is 0 Å². The van der Waals surface area contributed by atoms with E-state index in [2.05, 4.69) is 42.6 Å². The molecule has 20 heavy (non-hydrogen) atoms. The fraction of sp³-hybridized carbons (Fsp3) is 1.00. The van der Waals surface area contributed by atoms with Crippen LogP contribution in [0.2, 0.25) is 0 Å². The summed E-state index contributed by atoms with van der Waals surface area (Å²) >= 11 is 0. The highest BCUT2D eigenvalue weighted by Gasteiger charge is 2.16. The Kier molecular flexibility index (Phi) is 10.4. The quantitative estimate of drug-likeness (QED) is 0.515. The van der Waals surface area contributed by atoms with E-state index < -0.39 is 10.2 Å². The molecule has 122 valence electrons. The average Bonchev–Trinajstić information content (AvgIpc) is 2.39. The zero-order chi connectivity index (χ0) is 15.6. The van der Waals surface area contributed by atoms with E-state index in [1.165, 1.54) is 4.31 Å². The Labute approximate surface area is 125 Å². The van der Waals surface area contributed by atoms with Gasteiger partial charge in [-0.25, -0.2) is 4.72 Å². The van der Waals surface area contributed by atoms with Gasteiger partial charge >= 0.3 is 0 Å². The maximum Gasteiger partial charge on any atom is 0.279 e. The second-order valence-electron chi connectivity index (χ2n) is 5.21. The van der Waals surface area contributed by atoms with Crippen molar-refractivity contribution in [2.24, 2.45) is 0 Å². The van der Waals surface area contributed by atoms with E-state index in [1.54, 1.807) is 7.05 Å². The lowest BCUT2D eigenvalue weighted by atomic mass is 10.3. The van der Waals surface area contributed by atoms with Gasteiger partial charge in [0.05, 0.1) is 0 Å². The van der Waals surface area contributed by atoms with Crippen molar-refractivity contribution in [1.82, 2.24) is 19.2 Å². The number of nitrogens with one attached hydrogen (secondary N) is 2. The molecule has 0 aliphatic carbocycles. The lowest BCUT2D eigenvalue weighted by Gasteiger charge is -2.21. The molecule has 0 aromatic carbocycles. The van der Waals surface area contributed by atoms with Gasteiger partial charge < -0.3 is 10.2 Å². The van der Waals surface area contributed by atoms with Crippen LogP contribution in [0.1, 0.15) is 34.1 Å². The minimum Gasteiger partial charge on any atom is -0.314 e. The van der Waals surface area contributed by atoms with Crippen molar-refractivity contribution in [3.8, 4) is 0 Å². The van der Waals surface area contributed by atoms with Gasteiger partial charge in [0, 0.05) is 32.7 Å². The maximum absolute atomic E-state index is 12.0. The summed E-state index contributed by atoms with van der Waals surface area (Å²) in [7, 11) is -1.72. The Morgan fingerprint density at radius 3 is 2.15 bits per heavy atom. The Morgan fingerprint density at radius 1 is 1.05 bits per heavy atom. The highest BCUT2D eigenvalue weighted by atomic mass is 32.2. The molecule has 0 saturated heterocycles. The van der Waals surface area contributed by atoms with E-state index in [9.17, 15) is 8.42 Å². The van der Waals surface area contributed by atoms with E-state index in [0.717, 1.165) is 32.6 Å². The molecule has 0 aliphatic rings. The molecule has 7 heteroatoms. The normalized spacial score (nSPS) is 12.8. The van der Waals surface area contributed by atoms with Crippen LogP contribution in [0.4, 0.5) is 0 Å². The first kappa shape index (κ1) is 19.8. The molecule has 0 aromatic heterocycles.